The van der Waals surface area contributed by atoms with Gasteiger partial charge in [0.1, 0.15) is 0 Å². The van der Waals surface area contributed by atoms with Gasteiger partial charge in [0, 0.05) is 37.9 Å². The van der Waals surface area contributed by atoms with Crippen molar-refractivity contribution in [3.8, 4) is 5.88 Å². The maximum atomic E-state index is 11.8. The summed E-state index contributed by atoms with van der Waals surface area (Å²) in [7, 11) is 0. The van der Waals surface area contributed by atoms with Gasteiger partial charge in [-0.2, -0.15) is 0 Å². The highest BCUT2D eigenvalue weighted by Crippen LogP contribution is 2.12. The minimum atomic E-state index is -0.223. The minimum absolute atomic E-state index is 0.108. The van der Waals surface area contributed by atoms with Crippen LogP contribution in [0.5, 0.6) is 5.88 Å². The molecule has 0 unspecified atom stereocenters. The van der Waals surface area contributed by atoms with E-state index in [1.165, 1.54) is 0 Å². The summed E-state index contributed by atoms with van der Waals surface area (Å²) in [6, 6.07) is 4.13. The number of guanidine groups is 1. The van der Waals surface area contributed by atoms with Gasteiger partial charge in [0.15, 0.2) is 5.96 Å². The number of piperidine rings is 1. The second-order valence-corrected chi connectivity index (χ2v) is 6.97. The third-order valence-electron chi connectivity index (χ3n) is 4.28. The number of aliphatic imine (C=N–C) groups is 1. The summed E-state index contributed by atoms with van der Waals surface area (Å²) < 4.78 is 10.6. The number of ether oxygens (including phenoxy) is 2. The highest BCUT2D eigenvalue weighted by atomic mass is 16.6. The van der Waals surface area contributed by atoms with Crippen LogP contribution in [0.15, 0.2) is 23.3 Å². The fourth-order valence-corrected chi connectivity index (χ4v) is 2.92. The molecule has 1 aliphatic rings. The number of carbonyl (C=O) groups is 1. The maximum absolute atomic E-state index is 11.8. The molecule has 28 heavy (non-hydrogen) atoms. The third-order valence-corrected chi connectivity index (χ3v) is 4.28. The van der Waals surface area contributed by atoms with Crippen molar-refractivity contribution in [2.75, 3.05) is 26.2 Å². The van der Waals surface area contributed by atoms with Crippen molar-refractivity contribution >= 4 is 12.1 Å². The van der Waals surface area contributed by atoms with Crippen LogP contribution in [-0.2, 0) is 11.3 Å². The van der Waals surface area contributed by atoms with E-state index in [1.54, 1.807) is 11.1 Å². The zero-order valence-corrected chi connectivity index (χ0v) is 17.4. The standard InChI is InChI=1S/C20H33N5O3/c1-5-21-19(23-14-16-7-8-18(22-13-16)28-15(3)4)24-17-9-11-25(12-10-17)20(26)27-6-2/h7-8,13,15,17H,5-6,9-12,14H2,1-4H3,(H2,21,23,24). The number of nitrogens with one attached hydrogen (secondary N) is 2. The Morgan fingerprint density at radius 2 is 2.07 bits per heavy atom. The van der Waals surface area contributed by atoms with Crippen molar-refractivity contribution in [2.45, 2.75) is 59.2 Å². The summed E-state index contributed by atoms with van der Waals surface area (Å²) in [6.45, 7) is 10.9. The second kappa shape index (κ2) is 11.4. The lowest BCUT2D eigenvalue weighted by atomic mass is 10.1. The molecule has 0 spiro atoms. The molecule has 0 radical (unpaired) electrons. The normalized spacial score (nSPS) is 15.5. The average molecular weight is 392 g/mol. The van der Waals surface area contributed by atoms with E-state index in [-0.39, 0.29) is 18.2 Å². The highest BCUT2D eigenvalue weighted by molar-refractivity contribution is 5.80. The molecule has 1 aromatic heterocycles. The molecule has 1 aliphatic heterocycles. The first-order valence-corrected chi connectivity index (χ1v) is 10.1. The average Bonchev–Trinajstić information content (AvgIpc) is 2.68. The van der Waals surface area contributed by atoms with Gasteiger partial charge in [-0.15, -0.1) is 0 Å². The van der Waals surface area contributed by atoms with E-state index < -0.39 is 0 Å². The van der Waals surface area contributed by atoms with E-state index in [9.17, 15) is 4.79 Å². The van der Waals surface area contributed by atoms with E-state index in [2.05, 4.69) is 20.6 Å². The molecule has 0 saturated carbocycles. The molecular weight excluding hydrogens is 358 g/mol. The second-order valence-electron chi connectivity index (χ2n) is 6.97. The first-order valence-electron chi connectivity index (χ1n) is 10.1. The quantitative estimate of drug-likeness (QED) is 0.549. The van der Waals surface area contributed by atoms with Crippen molar-refractivity contribution < 1.29 is 14.3 Å². The zero-order chi connectivity index (χ0) is 20.4. The summed E-state index contributed by atoms with van der Waals surface area (Å²) in [5.74, 6) is 1.40. The van der Waals surface area contributed by atoms with Gasteiger partial charge in [0.2, 0.25) is 5.88 Å². The molecular formula is C20H33N5O3. The Kier molecular flexibility index (Phi) is 8.84. The first kappa shape index (κ1) is 21.8. The molecule has 2 rings (SSSR count). The molecule has 8 heteroatoms. The lowest BCUT2D eigenvalue weighted by molar-refractivity contribution is 0.0963. The number of amides is 1. The number of likely N-dealkylation sites (tertiary alicyclic amines) is 1. The summed E-state index contributed by atoms with van der Waals surface area (Å²) in [4.78, 5) is 22.5. The van der Waals surface area contributed by atoms with Crippen molar-refractivity contribution in [3.05, 3.63) is 23.9 Å². The maximum Gasteiger partial charge on any atom is 0.409 e. The van der Waals surface area contributed by atoms with Gasteiger partial charge < -0.3 is 25.0 Å². The van der Waals surface area contributed by atoms with E-state index in [0.29, 0.717) is 32.1 Å². The Bertz CT molecular complexity index is 625. The van der Waals surface area contributed by atoms with E-state index in [4.69, 9.17) is 9.47 Å². The number of aromatic nitrogens is 1. The van der Waals surface area contributed by atoms with Gasteiger partial charge in [0.25, 0.3) is 0 Å². The molecule has 0 aliphatic carbocycles. The smallest absolute Gasteiger partial charge is 0.409 e. The first-order chi connectivity index (χ1) is 13.5. The number of pyridine rings is 1. The van der Waals surface area contributed by atoms with Crippen LogP contribution in [-0.4, -0.2) is 60.3 Å². The van der Waals surface area contributed by atoms with E-state index in [1.807, 2.05) is 39.8 Å². The lowest BCUT2D eigenvalue weighted by Gasteiger charge is -2.32. The van der Waals surface area contributed by atoms with Crippen LogP contribution in [0.25, 0.3) is 0 Å². The SMILES string of the molecule is CCNC(=NCc1ccc(OC(C)C)nc1)NC1CCN(C(=O)OCC)CC1. The van der Waals surface area contributed by atoms with Crippen LogP contribution in [0.1, 0.15) is 46.1 Å². The molecule has 0 atom stereocenters. The lowest BCUT2D eigenvalue weighted by Crippen LogP contribution is -2.49. The molecule has 1 fully saturated rings. The fraction of sp³-hybridized carbons (Fsp3) is 0.650. The zero-order valence-electron chi connectivity index (χ0n) is 17.4. The number of carbonyl (C=O) groups excluding carboxylic acids is 1. The monoisotopic (exact) mass is 391 g/mol. The Hall–Kier alpha value is -2.51. The van der Waals surface area contributed by atoms with Crippen LogP contribution < -0.4 is 15.4 Å². The van der Waals surface area contributed by atoms with Crippen molar-refractivity contribution in [3.63, 3.8) is 0 Å². The van der Waals surface area contributed by atoms with Crippen LogP contribution in [0.3, 0.4) is 0 Å². The van der Waals surface area contributed by atoms with Gasteiger partial charge in [-0.1, -0.05) is 6.07 Å². The summed E-state index contributed by atoms with van der Waals surface area (Å²) in [5, 5.41) is 6.75. The van der Waals surface area contributed by atoms with Crippen LogP contribution in [0.4, 0.5) is 4.79 Å². The van der Waals surface area contributed by atoms with Crippen LogP contribution in [0, 0.1) is 0 Å². The molecule has 156 valence electrons. The van der Waals surface area contributed by atoms with Crippen LogP contribution in [0.2, 0.25) is 0 Å². The van der Waals surface area contributed by atoms with Crippen LogP contribution >= 0.6 is 0 Å². The van der Waals surface area contributed by atoms with E-state index >= 15 is 0 Å². The third kappa shape index (κ3) is 7.25. The minimum Gasteiger partial charge on any atom is -0.475 e. The summed E-state index contributed by atoms with van der Waals surface area (Å²) >= 11 is 0. The molecule has 0 aromatic carbocycles. The molecule has 1 aromatic rings. The van der Waals surface area contributed by atoms with E-state index in [0.717, 1.165) is 30.9 Å². The van der Waals surface area contributed by atoms with Gasteiger partial charge >= 0.3 is 6.09 Å². The summed E-state index contributed by atoms with van der Waals surface area (Å²) in [5.41, 5.74) is 1.02. The molecule has 2 N–H and O–H groups in total. The van der Waals surface area contributed by atoms with Crippen molar-refractivity contribution in [1.82, 2.24) is 20.5 Å². The van der Waals surface area contributed by atoms with Gasteiger partial charge in [-0.25, -0.2) is 14.8 Å². The topological polar surface area (TPSA) is 88.1 Å². The number of nitrogens with zero attached hydrogens (tertiary/aromatic N) is 3. The molecule has 2 heterocycles. The Balaban J connectivity index is 1.86. The molecule has 1 amide bonds. The molecule has 1 saturated heterocycles. The molecule has 8 nitrogen and oxygen atoms in total. The number of hydrogen-bond donors (Lipinski definition) is 2. The number of rotatable bonds is 7. The number of hydrogen-bond acceptors (Lipinski definition) is 5. The fourth-order valence-electron chi connectivity index (χ4n) is 2.92. The van der Waals surface area contributed by atoms with Gasteiger partial charge in [0.05, 0.1) is 19.3 Å². The summed E-state index contributed by atoms with van der Waals surface area (Å²) in [6.07, 6.45) is 3.41. The van der Waals surface area contributed by atoms with Gasteiger partial charge in [-0.3, -0.25) is 0 Å². The van der Waals surface area contributed by atoms with Crippen molar-refractivity contribution in [2.24, 2.45) is 4.99 Å². The Morgan fingerprint density at radius 1 is 1.32 bits per heavy atom. The van der Waals surface area contributed by atoms with Crippen molar-refractivity contribution in [1.29, 1.82) is 0 Å². The predicted octanol–water partition coefficient (Wildman–Crippen LogP) is 2.54. The predicted molar refractivity (Wildman–Crippen MR) is 110 cm³/mol. The largest absolute Gasteiger partial charge is 0.475 e. The molecule has 0 bridgehead atoms. The van der Waals surface area contributed by atoms with Gasteiger partial charge in [-0.05, 0) is 46.1 Å². The highest BCUT2D eigenvalue weighted by Gasteiger charge is 2.24. The Labute approximate surface area is 167 Å². The Morgan fingerprint density at radius 3 is 2.64 bits per heavy atom.